The molecule has 0 saturated carbocycles. The van der Waals surface area contributed by atoms with Crippen LogP contribution in [0.15, 0.2) is 36.5 Å². The first-order valence-electron chi connectivity index (χ1n) is 8.15. The minimum absolute atomic E-state index is 0.0969. The Kier molecular flexibility index (Phi) is 5.64. The summed E-state index contributed by atoms with van der Waals surface area (Å²) in [4.78, 5) is 30.7. The number of aromatic hydroxyl groups is 1. The number of piperidine rings is 1. The molecular weight excluding hydrogens is 377 g/mol. The van der Waals surface area contributed by atoms with E-state index >= 15 is 0 Å². The summed E-state index contributed by atoms with van der Waals surface area (Å²) >= 11 is 11.9. The smallest absolute Gasteiger partial charge is 0.253 e. The van der Waals surface area contributed by atoms with Gasteiger partial charge in [-0.3, -0.25) is 9.59 Å². The second-order valence-corrected chi connectivity index (χ2v) is 6.89. The molecule has 2 amide bonds. The van der Waals surface area contributed by atoms with Crippen LogP contribution in [-0.4, -0.2) is 39.9 Å². The van der Waals surface area contributed by atoms with Gasteiger partial charge in [0.1, 0.15) is 0 Å². The van der Waals surface area contributed by atoms with E-state index in [0.29, 0.717) is 41.5 Å². The van der Waals surface area contributed by atoms with Gasteiger partial charge >= 0.3 is 0 Å². The lowest BCUT2D eigenvalue weighted by Crippen LogP contribution is -2.43. The van der Waals surface area contributed by atoms with Crippen molar-refractivity contribution in [3.8, 4) is 5.75 Å². The first-order chi connectivity index (χ1) is 12.5. The number of nitrogens with one attached hydrogen (secondary N) is 1. The average Bonchev–Trinajstić information content (AvgIpc) is 2.65. The van der Waals surface area contributed by atoms with Crippen molar-refractivity contribution in [3.63, 3.8) is 0 Å². The monoisotopic (exact) mass is 393 g/mol. The maximum absolute atomic E-state index is 12.7. The predicted octanol–water partition coefficient (Wildman–Crippen LogP) is 3.58. The number of rotatable bonds is 3. The molecule has 1 aromatic carbocycles. The minimum Gasteiger partial charge on any atom is -0.504 e. The van der Waals surface area contributed by atoms with Gasteiger partial charge in [-0.05, 0) is 43.2 Å². The van der Waals surface area contributed by atoms with Gasteiger partial charge in [-0.25, -0.2) is 4.98 Å². The lowest BCUT2D eigenvalue weighted by molar-refractivity contribution is -0.121. The molecule has 2 aromatic rings. The van der Waals surface area contributed by atoms with Crippen molar-refractivity contribution < 1.29 is 14.7 Å². The SMILES string of the molecule is O=C(Nc1ncccc1O)C1CCCN(C(=O)c2ccc(Cl)c(Cl)c2)C1. The Balaban J connectivity index is 1.68. The molecule has 26 heavy (non-hydrogen) atoms. The maximum Gasteiger partial charge on any atom is 0.253 e. The van der Waals surface area contributed by atoms with Crippen LogP contribution in [-0.2, 0) is 4.79 Å². The molecule has 1 atom stereocenters. The zero-order valence-electron chi connectivity index (χ0n) is 13.8. The fourth-order valence-corrected chi connectivity index (χ4v) is 3.20. The summed E-state index contributed by atoms with van der Waals surface area (Å²) in [6.45, 7) is 0.857. The molecule has 2 heterocycles. The van der Waals surface area contributed by atoms with Crippen molar-refractivity contribution in [2.24, 2.45) is 5.92 Å². The third-order valence-electron chi connectivity index (χ3n) is 4.27. The summed E-state index contributed by atoms with van der Waals surface area (Å²) in [7, 11) is 0. The molecule has 0 bridgehead atoms. The third kappa shape index (κ3) is 4.08. The summed E-state index contributed by atoms with van der Waals surface area (Å²) in [5.74, 6) is -0.824. The summed E-state index contributed by atoms with van der Waals surface area (Å²) in [5.41, 5.74) is 0.433. The van der Waals surface area contributed by atoms with E-state index < -0.39 is 0 Å². The number of likely N-dealkylation sites (tertiary alicyclic amines) is 1. The highest BCUT2D eigenvalue weighted by molar-refractivity contribution is 6.42. The normalized spacial score (nSPS) is 17.0. The fourth-order valence-electron chi connectivity index (χ4n) is 2.90. The van der Waals surface area contributed by atoms with E-state index in [1.807, 2.05) is 0 Å². The summed E-state index contributed by atoms with van der Waals surface area (Å²) in [6, 6.07) is 7.75. The molecule has 0 radical (unpaired) electrons. The summed E-state index contributed by atoms with van der Waals surface area (Å²) in [6.07, 6.45) is 2.85. The van der Waals surface area contributed by atoms with Crippen LogP contribution in [0.4, 0.5) is 5.82 Å². The van der Waals surface area contributed by atoms with Crippen LogP contribution in [0.3, 0.4) is 0 Å². The number of hydrogen-bond acceptors (Lipinski definition) is 4. The van der Waals surface area contributed by atoms with Gasteiger partial charge in [0.05, 0.1) is 16.0 Å². The van der Waals surface area contributed by atoms with E-state index in [2.05, 4.69) is 10.3 Å². The highest BCUT2D eigenvalue weighted by atomic mass is 35.5. The third-order valence-corrected chi connectivity index (χ3v) is 5.01. The average molecular weight is 394 g/mol. The molecule has 0 spiro atoms. The molecule has 1 saturated heterocycles. The van der Waals surface area contributed by atoms with Gasteiger partial charge in [0, 0.05) is 24.8 Å². The highest BCUT2D eigenvalue weighted by Crippen LogP contribution is 2.26. The van der Waals surface area contributed by atoms with E-state index in [0.717, 1.165) is 0 Å². The van der Waals surface area contributed by atoms with Crippen molar-refractivity contribution in [2.45, 2.75) is 12.8 Å². The number of hydrogen-bond donors (Lipinski definition) is 2. The number of halogens is 2. The van der Waals surface area contributed by atoms with Gasteiger partial charge in [-0.1, -0.05) is 23.2 Å². The minimum atomic E-state index is -0.378. The van der Waals surface area contributed by atoms with Crippen LogP contribution in [0.1, 0.15) is 23.2 Å². The standard InChI is InChI=1S/C18H17Cl2N3O3/c19-13-6-5-11(9-14(13)20)18(26)23-8-2-3-12(10-23)17(25)22-16-15(24)4-1-7-21-16/h1,4-7,9,12,24H,2-3,8,10H2,(H,21,22,25). The van der Waals surface area contributed by atoms with Gasteiger partial charge in [0.15, 0.2) is 11.6 Å². The van der Waals surface area contributed by atoms with Crippen molar-refractivity contribution in [3.05, 3.63) is 52.1 Å². The topological polar surface area (TPSA) is 82.5 Å². The number of nitrogens with zero attached hydrogens (tertiary/aromatic N) is 2. The molecule has 1 unspecified atom stereocenters. The largest absolute Gasteiger partial charge is 0.504 e. The van der Waals surface area contributed by atoms with Crippen molar-refractivity contribution in [2.75, 3.05) is 18.4 Å². The van der Waals surface area contributed by atoms with E-state index in [1.165, 1.54) is 18.3 Å². The van der Waals surface area contributed by atoms with Crippen molar-refractivity contribution in [1.29, 1.82) is 0 Å². The zero-order chi connectivity index (χ0) is 18.7. The summed E-state index contributed by atoms with van der Waals surface area (Å²) in [5, 5.41) is 13.0. The van der Waals surface area contributed by atoms with Gasteiger partial charge in [-0.15, -0.1) is 0 Å². The highest BCUT2D eigenvalue weighted by Gasteiger charge is 2.29. The Morgan fingerprint density at radius 3 is 2.77 bits per heavy atom. The maximum atomic E-state index is 12.7. The Hall–Kier alpha value is -2.31. The van der Waals surface area contributed by atoms with E-state index in [1.54, 1.807) is 23.1 Å². The van der Waals surface area contributed by atoms with Gasteiger partial charge in [0.25, 0.3) is 5.91 Å². The Labute approximate surface area is 160 Å². The summed E-state index contributed by atoms with van der Waals surface area (Å²) < 4.78 is 0. The fraction of sp³-hybridized carbons (Fsp3) is 0.278. The Morgan fingerprint density at radius 2 is 2.04 bits per heavy atom. The molecule has 3 rings (SSSR count). The molecule has 2 N–H and O–H groups in total. The molecule has 8 heteroatoms. The Morgan fingerprint density at radius 1 is 1.23 bits per heavy atom. The van der Waals surface area contributed by atoms with Crippen LogP contribution >= 0.6 is 23.2 Å². The quantitative estimate of drug-likeness (QED) is 0.834. The molecule has 1 aromatic heterocycles. The first-order valence-corrected chi connectivity index (χ1v) is 8.90. The second-order valence-electron chi connectivity index (χ2n) is 6.08. The van der Waals surface area contributed by atoms with Gasteiger partial charge < -0.3 is 15.3 Å². The van der Waals surface area contributed by atoms with E-state index in [-0.39, 0.29) is 29.3 Å². The Bertz CT molecular complexity index is 844. The molecule has 0 aliphatic carbocycles. The molecule has 1 aliphatic rings. The first kappa shape index (κ1) is 18.5. The van der Waals surface area contributed by atoms with Gasteiger partial charge in [-0.2, -0.15) is 0 Å². The van der Waals surface area contributed by atoms with E-state index in [4.69, 9.17) is 23.2 Å². The van der Waals surface area contributed by atoms with Crippen LogP contribution in [0, 0.1) is 5.92 Å². The van der Waals surface area contributed by atoms with Crippen LogP contribution in [0.2, 0.25) is 10.0 Å². The molecular formula is C18H17Cl2N3O3. The number of carbonyl (C=O) groups is 2. The number of carbonyl (C=O) groups excluding carboxylic acids is 2. The number of benzene rings is 1. The molecule has 1 aliphatic heterocycles. The predicted molar refractivity (Wildman–Crippen MR) is 99.6 cm³/mol. The van der Waals surface area contributed by atoms with E-state index in [9.17, 15) is 14.7 Å². The zero-order valence-corrected chi connectivity index (χ0v) is 15.3. The number of anilines is 1. The number of amides is 2. The van der Waals surface area contributed by atoms with Crippen LogP contribution < -0.4 is 5.32 Å². The van der Waals surface area contributed by atoms with Crippen molar-refractivity contribution >= 4 is 40.8 Å². The van der Waals surface area contributed by atoms with Gasteiger partial charge in [0.2, 0.25) is 5.91 Å². The lowest BCUT2D eigenvalue weighted by atomic mass is 9.96. The molecule has 1 fully saturated rings. The van der Waals surface area contributed by atoms with Crippen LogP contribution in [0.25, 0.3) is 0 Å². The molecule has 136 valence electrons. The van der Waals surface area contributed by atoms with Crippen LogP contribution in [0.5, 0.6) is 5.75 Å². The lowest BCUT2D eigenvalue weighted by Gasteiger charge is -2.32. The van der Waals surface area contributed by atoms with Crippen molar-refractivity contribution in [1.82, 2.24) is 9.88 Å². The number of pyridine rings is 1. The second kappa shape index (κ2) is 7.93. The molecule has 6 nitrogen and oxygen atoms in total. The number of aromatic nitrogens is 1.